The van der Waals surface area contributed by atoms with Gasteiger partial charge in [-0.3, -0.25) is 9.52 Å². The smallest absolute Gasteiger partial charge is 0.267 e. The number of carbonyl (C=O) groups excluding carboxylic acids is 1. The molecule has 0 radical (unpaired) electrons. The van der Waals surface area contributed by atoms with Gasteiger partial charge in [0.1, 0.15) is 5.69 Å². The van der Waals surface area contributed by atoms with Crippen LogP contribution in [0.3, 0.4) is 0 Å². The van der Waals surface area contributed by atoms with Crippen LogP contribution in [0.25, 0.3) is 21.3 Å². The third-order valence-electron chi connectivity index (χ3n) is 5.51. The van der Waals surface area contributed by atoms with Crippen molar-refractivity contribution in [2.45, 2.75) is 76.2 Å². The van der Waals surface area contributed by atoms with E-state index in [0.717, 1.165) is 15.8 Å². The first kappa shape index (κ1) is 22.4. The molecule has 31 heavy (non-hydrogen) atoms. The van der Waals surface area contributed by atoms with Gasteiger partial charge in [-0.1, -0.05) is 19.3 Å². The first-order valence-electron chi connectivity index (χ1n) is 11.2. The van der Waals surface area contributed by atoms with Crippen molar-refractivity contribution in [2.24, 2.45) is 0 Å². The van der Waals surface area contributed by atoms with E-state index in [2.05, 4.69) is 47.9 Å². The summed E-state index contributed by atoms with van der Waals surface area (Å²) in [5, 5.41) is 5.19. The fourth-order valence-electron chi connectivity index (χ4n) is 3.97. The average molecular weight is 457 g/mol. The van der Waals surface area contributed by atoms with Crippen molar-refractivity contribution < 1.29 is 4.79 Å². The number of fused-ring (bicyclic) bond motifs is 1. The summed E-state index contributed by atoms with van der Waals surface area (Å²) in [4.78, 5) is 22.8. The number of carbonyl (C=O) groups is 1. The van der Waals surface area contributed by atoms with Gasteiger partial charge in [0, 0.05) is 45.6 Å². The van der Waals surface area contributed by atoms with Gasteiger partial charge in [-0.2, -0.15) is 0 Å². The minimum absolute atomic E-state index is 0.0141. The lowest BCUT2D eigenvalue weighted by molar-refractivity contribution is 0.0951. The number of hydrogen-bond acceptors (Lipinski definition) is 5. The van der Waals surface area contributed by atoms with Gasteiger partial charge in [-0.05, 0) is 70.7 Å². The van der Waals surface area contributed by atoms with Crippen molar-refractivity contribution in [1.29, 1.82) is 0 Å². The van der Waals surface area contributed by atoms with E-state index in [1.165, 1.54) is 47.6 Å². The maximum Gasteiger partial charge on any atom is 0.267 e. The Balaban J connectivity index is 1.72. The quantitative estimate of drug-likeness (QED) is 0.371. The van der Waals surface area contributed by atoms with Gasteiger partial charge in [-0.25, -0.2) is 4.98 Å². The Bertz CT molecular complexity index is 1060. The minimum Gasteiger partial charge on any atom is -0.351 e. The molecule has 1 fully saturated rings. The van der Waals surface area contributed by atoms with Crippen LogP contribution >= 0.6 is 23.3 Å². The SMILES string of the molecule is CCNC(=O)c1cc2cc(-c3cnc(C4CCCCC4)s3)c(SNC(C)(C)C)cc2[nH]1. The number of nitrogens with one attached hydrogen (secondary N) is 3. The molecule has 7 heteroatoms. The van der Waals surface area contributed by atoms with E-state index in [1.807, 2.05) is 30.5 Å². The zero-order valence-electron chi connectivity index (χ0n) is 18.8. The van der Waals surface area contributed by atoms with Gasteiger partial charge in [0.15, 0.2) is 0 Å². The normalized spacial score (nSPS) is 15.5. The highest BCUT2D eigenvalue weighted by Crippen LogP contribution is 2.41. The number of benzene rings is 1. The highest BCUT2D eigenvalue weighted by atomic mass is 32.2. The zero-order chi connectivity index (χ0) is 22.0. The van der Waals surface area contributed by atoms with Crippen LogP contribution in [0.1, 0.15) is 81.2 Å². The Morgan fingerprint density at radius 3 is 2.71 bits per heavy atom. The van der Waals surface area contributed by atoms with E-state index in [-0.39, 0.29) is 11.4 Å². The van der Waals surface area contributed by atoms with Gasteiger partial charge in [0.2, 0.25) is 0 Å². The molecule has 4 rings (SSSR count). The number of aromatic nitrogens is 2. The summed E-state index contributed by atoms with van der Waals surface area (Å²) >= 11 is 3.47. The summed E-state index contributed by atoms with van der Waals surface area (Å²) in [5.41, 5.74) is 2.73. The van der Waals surface area contributed by atoms with Gasteiger partial charge in [0.25, 0.3) is 5.91 Å². The molecule has 0 bridgehead atoms. The third-order valence-corrected chi connectivity index (χ3v) is 7.98. The van der Waals surface area contributed by atoms with Crippen LogP contribution in [0.5, 0.6) is 0 Å². The molecule has 2 aromatic heterocycles. The molecule has 3 aromatic rings. The second-order valence-corrected chi connectivity index (χ2v) is 11.2. The second kappa shape index (κ2) is 9.35. The molecular weight excluding hydrogens is 424 g/mol. The Morgan fingerprint density at radius 2 is 2.00 bits per heavy atom. The van der Waals surface area contributed by atoms with Gasteiger partial charge < -0.3 is 10.3 Å². The van der Waals surface area contributed by atoms with Crippen molar-refractivity contribution >= 4 is 40.1 Å². The molecule has 2 heterocycles. The number of rotatable bonds is 6. The van der Waals surface area contributed by atoms with E-state index >= 15 is 0 Å². The average Bonchev–Trinajstić information content (AvgIpc) is 3.39. The van der Waals surface area contributed by atoms with Crippen LogP contribution < -0.4 is 10.0 Å². The monoisotopic (exact) mass is 456 g/mol. The molecule has 0 saturated heterocycles. The van der Waals surface area contributed by atoms with E-state index < -0.39 is 0 Å². The molecule has 1 aromatic carbocycles. The number of H-pyrrole nitrogens is 1. The van der Waals surface area contributed by atoms with Crippen molar-refractivity contribution in [3.05, 3.63) is 35.1 Å². The Kier molecular flexibility index (Phi) is 6.74. The topological polar surface area (TPSA) is 69.8 Å². The summed E-state index contributed by atoms with van der Waals surface area (Å²) in [5.74, 6) is 0.538. The lowest BCUT2D eigenvalue weighted by atomic mass is 9.90. The molecule has 5 nitrogen and oxygen atoms in total. The largest absolute Gasteiger partial charge is 0.351 e. The molecule has 1 aliphatic carbocycles. The van der Waals surface area contributed by atoms with Crippen LogP contribution in [0.4, 0.5) is 0 Å². The fraction of sp³-hybridized carbons (Fsp3) is 0.500. The van der Waals surface area contributed by atoms with Crippen molar-refractivity contribution in [3.63, 3.8) is 0 Å². The zero-order valence-corrected chi connectivity index (χ0v) is 20.4. The standard InChI is InChI=1S/C24H32N4OS2/c1-5-25-22(29)19-12-16-11-17(20(13-18(16)27-19)31-28-24(2,3)4)21-14-26-23(30-21)15-9-7-6-8-10-15/h11-15,27-28H,5-10H2,1-4H3,(H,25,29). The first-order chi connectivity index (χ1) is 14.8. The molecule has 1 saturated carbocycles. The lowest BCUT2D eigenvalue weighted by Gasteiger charge is -2.20. The first-order valence-corrected chi connectivity index (χ1v) is 12.8. The number of amides is 1. The summed E-state index contributed by atoms with van der Waals surface area (Å²) in [6, 6.07) is 6.29. The molecule has 0 spiro atoms. The van der Waals surface area contributed by atoms with Crippen molar-refractivity contribution in [1.82, 2.24) is 20.0 Å². The highest BCUT2D eigenvalue weighted by molar-refractivity contribution is 7.97. The molecule has 1 amide bonds. The van der Waals surface area contributed by atoms with Crippen LogP contribution in [-0.2, 0) is 0 Å². The summed E-state index contributed by atoms with van der Waals surface area (Å²) in [6.45, 7) is 9.02. The number of thiazole rings is 1. The molecule has 166 valence electrons. The molecule has 3 N–H and O–H groups in total. The summed E-state index contributed by atoms with van der Waals surface area (Å²) in [6.07, 6.45) is 8.53. The third kappa shape index (κ3) is 5.33. The lowest BCUT2D eigenvalue weighted by Crippen LogP contribution is -2.29. The Hall–Kier alpha value is -1.83. The van der Waals surface area contributed by atoms with Gasteiger partial charge >= 0.3 is 0 Å². The van der Waals surface area contributed by atoms with E-state index in [4.69, 9.17) is 4.98 Å². The predicted molar refractivity (Wildman–Crippen MR) is 132 cm³/mol. The minimum atomic E-state index is -0.0698. The number of hydrogen-bond donors (Lipinski definition) is 3. The van der Waals surface area contributed by atoms with Crippen LogP contribution in [0.15, 0.2) is 29.3 Å². The van der Waals surface area contributed by atoms with Crippen LogP contribution in [-0.4, -0.2) is 28.0 Å². The number of aromatic amines is 1. The van der Waals surface area contributed by atoms with E-state index in [1.54, 1.807) is 11.9 Å². The summed E-state index contributed by atoms with van der Waals surface area (Å²) in [7, 11) is 0. The number of nitrogens with zero attached hydrogens (tertiary/aromatic N) is 1. The Morgan fingerprint density at radius 1 is 1.23 bits per heavy atom. The van der Waals surface area contributed by atoms with Gasteiger partial charge in [-0.15, -0.1) is 11.3 Å². The van der Waals surface area contributed by atoms with Crippen molar-refractivity contribution in [2.75, 3.05) is 6.54 Å². The maximum absolute atomic E-state index is 12.3. The van der Waals surface area contributed by atoms with Crippen LogP contribution in [0.2, 0.25) is 0 Å². The molecule has 0 aliphatic heterocycles. The second-order valence-electron chi connectivity index (χ2n) is 9.33. The Labute approximate surface area is 192 Å². The summed E-state index contributed by atoms with van der Waals surface area (Å²) < 4.78 is 3.54. The molecule has 1 aliphatic rings. The molecule has 0 atom stereocenters. The van der Waals surface area contributed by atoms with Gasteiger partial charge in [0.05, 0.1) is 9.88 Å². The molecular formula is C24H32N4OS2. The molecule has 0 unspecified atom stereocenters. The van der Waals surface area contributed by atoms with E-state index in [0.29, 0.717) is 18.2 Å². The predicted octanol–water partition coefficient (Wildman–Crippen LogP) is 6.48. The van der Waals surface area contributed by atoms with E-state index in [9.17, 15) is 4.79 Å². The van der Waals surface area contributed by atoms with Crippen molar-refractivity contribution in [3.8, 4) is 10.4 Å². The highest BCUT2D eigenvalue weighted by Gasteiger charge is 2.21. The maximum atomic E-state index is 12.3. The fourth-order valence-corrected chi connectivity index (χ4v) is 6.03. The van der Waals surface area contributed by atoms with Crippen LogP contribution in [0, 0.1) is 0 Å².